The van der Waals surface area contributed by atoms with Crippen molar-refractivity contribution in [1.29, 1.82) is 0 Å². The lowest BCUT2D eigenvalue weighted by molar-refractivity contribution is -0.384. The maximum Gasteiger partial charge on any atom is 0.277 e. The number of nitrogens with zero attached hydrogens (tertiary/aromatic N) is 3. The minimum absolute atomic E-state index is 0.0184. The number of hydrogen-bond acceptors (Lipinski definition) is 7. The second kappa shape index (κ2) is 8.22. The Kier molecular flexibility index (Phi) is 5.75. The van der Waals surface area contributed by atoms with E-state index in [1.807, 2.05) is 38.1 Å². The van der Waals surface area contributed by atoms with E-state index in [1.54, 1.807) is 19.2 Å². The standard InChI is InChI=1S/C19H19N3O4S/c1-4-17(13-6-5-7-14(11-13)22(23)24)27-19-21-20-18(26-19)16-9-8-15(25-3)10-12(16)2/h5-11,17H,4H2,1-3H3. The van der Waals surface area contributed by atoms with Crippen molar-refractivity contribution in [2.45, 2.75) is 30.7 Å². The van der Waals surface area contributed by atoms with Gasteiger partial charge in [-0.1, -0.05) is 30.8 Å². The molecule has 7 nitrogen and oxygen atoms in total. The molecule has 0 amide bonds. The number of non-ortho nitro benzene ring substituents is 1. The molecule has 140 valence electrons. The summed E-state index contributed by atoms with van der Waals surface area (Å²) in [5.41, 5.74) is 2.75. The summed E-state index contributed by atoms with van der Waals surface area (Å²) >= 11 is 1.40. The molecule has 3 rings (SSSR count). The van der Waals surface area contributed by atoms with Crippen molar-refractivity contribution in [3.05, 3.63) is 63.7 Å². The van der Waals surface area contributed by atoms with Crippen LogP contribution in [0.25, 0.3) is 11.5 Å². The van der Waals surface area contributed by atoms with Crippen LogP contribution in [0.4, 0.5) is 5.69 Å². The van der Waals surface area contributed by atoms with E-state index in [1.165, 1.54) is 17.8 Å². The molecule has 0 saturated carbocycles. The Morgan fingerprint density at radius 1 is 1.26 bits per heavy atom. The highest BCUT2D eigenvalue weighted by Gasteiger charge is 2.19. The maximum atomic E-state index is 11.0. The highest BCUT2D eigenvalue weighted by molar-refractivity contribution is 7.99. The van der Waals surface area contributed by atoms with E-state index in [0.717, 1.165) is 28.9 Å². The van der Waals surface area contributed by atoms with E-state index in [-0.39, 0.29) is 10.9 Å². The fraction of sp³-hybridized carbons (Fsp3) is 0.263. The Morgan fingerprint density at radius 3 is 2.74 bits per heavy atom. The van der Waals surface area contributed by atoms with Gasteiger partial charge in [-0.25, -0.2) is 0 Å². The predicted octanol–water partition coefficient (Wildman–Crippen LogP) is 5.21. The number of ether oxygens (including phenoxy) is 1. The van der Waals surface area contributed by atoms with Crippen LogP contribution >= 0.6 is 11.8 Å². The summed E-state index contributed by atoms with van der Waals surface area (Å²) in [5, 5.41) is 19.7. The van der Waals surface area contributed by atoms with E-state index in [4.69, 9.17) is 9.15 Å². The van der Waals surface area contributed by atoms with Crippen LogP contribution in [-0.2, 0) is 0 Å². The van der Waals surface area contributed by atoms with E-state index >= 15 is 0 Å². The first kappa shape index (κ1) is 18.9. The van der Waals surface area contributed by atoms with Crippen molar-refractivity contribution in [2.24, 2.45) is 0 Å². The molecule has 0 aliphatic carbocycles. The number of aryl methyl sites for hydroxylation is 1. The van der Waals surface area contributed by atoms with Crippen molar-refractivity contribution in [2.75, 3.05) is 7.11 Å². The average Bonchev–Trinajstić information content (AvgIpc) is 3.14. The fourth-order valence-corrected chi connectivity index (χ4v) is 3.62. The third-order valence-corrected chi connectivity index (χ3v) is 5.39. The highest BCUT2D eigenvalue weighted by Crippen LogP contribution is 2.39. The molecular formula is C19H19N3O4S. The molecule has 0 aliphatic rings. The number of nitro groups is 1. The van der Waals surface area contributed by atoms with Crippen molar-refractivity contribution in [3.8, 4) is 17.2 Å². The first-order valence-corrected chi connectivity index (χ1v) is 9.29. The number of benzene rings is 2. The maximum absolute atomic E-state index is 11.0. The van der Waals surface area contributed by atoms with Gasteiger partial charge in [-0.2, -0.15) is 0 Å². The van der Waals surface area contributed by atoms with Gasteiger partial charge in [0, 0.05) is 22.9 Å². The molecular weight excluding hydrogens is 366 g/mol. The third-order valence-electron chi connectivity index (χ3n) is 4.14. The zero-order valence-electron chi connectivity index (χ0n) is 15.2. The molecule has 2 aromatic carbocycles. The number of nitro benzene ring substituents is 1. The van der Waals surface area contributed by atoms with E-state index in [2.05, 4.69) is 10.2 Å². The molecule has 0 radical (unpaired) electrons. The largest absolute Gasteiger partial charge is 0.497 e. The first-order valence-electron chi connectivity index (χ1n) is 8.41. The van der Waals surface area contributed by atoms with E-state index in [9.17, 15) is 10.1 Å². The molecule has 1 aromatic heterocycles. The number of aromatic nitrogens is 2. The summed E-state index contributed by atoms with van der Waals surface area (Å²) in [5.74, 6) is 1.20. The van der Waals surface area contributed by atoms with Crippen LogP contribution in [0.3, 0.4) is 0 Å². The molecule has 8 heteroatoms. The summed E-state index contributed by atoms with van der Waals surface area (Å²) < 4.78 is 11.0. The zero-order valence-corrected chi connectivity index (χ0v) is 16.0. The molecule has 0 saturated heterocycles. The van der Waals surface area contributed by atoms with Crippen molar-refractivity contribution < 1.29 is 14.1 Å². The second-order valence-electron chi connectivity index (χ2n) is 5.92. The molecule has 0 fully saturated rings. The molecule has 1 atom stereocenters. The van der Waals surface area contributed by atoms with Crippen LogP contribution < -0.4 is 4.74 Å². The zero-order chi connectivity index (χ0) is 19.4. The minimum atomic E-state index is -0.391. The van der Waals surface area contributed by atoms with E-state index in [0.29, 0.717) is 11.1 Å². The molecule has 3 aromatic rings. The van der Waals surface area contributed by atoms with Crippen molar-refractivity contribution >= 4 is 17.4 Å². The minimum Gasteiger partial charge on any atom is -0.497 e. The molecule has 0 aliphatic heterocycles. The highest BCUT2D eigenvalue weighted by atomic mass is 32.2. The van der Waals surface area contributed by atoms with Gasteiger partial charge >= 0.3 is 0 Å². The Hall–Kier alpha value is -2.87. The van der Waals surface area contributed by atoms with Gasteiger partial charge in [0.15, 0.2) is 0 Å². The fourth-order valence-electron chi connectivity index (χ4n) is 2.72. The summed E-state index contributed by atoms with van der Waals surface area (Å²) in [6, 6.07) is 12.3. The lowest BCUT2D eigenvalue weighted by Gasteiger charge is -2.12. The SMILES string of the molecule is CCC(Sc1nnc(-c2ccc(OC)cc2C)o1)c1cccc([N+](=O)[O-])c1. The monoisotopic (exact) mass is 385 g/mol. The quantitative estimate of drug-likeness (QED) is 0.313. The average molecular weight is 385 g/mol. The first-order chi connectivity index (χ1) is 13.0. The summed E-state index contributed by atoms with van der Waals surface area (Å²) in [4.78, 5) is 10.6. The summed E-state index contributed by atoms with van der Waals surface area (Å²) in [7, 11) is 1.62. The van der Waals surface area contributed by atoms with Gasteiger partial charge in [-0.15, -0.1) is 10.2 Å². The normalized spacial score (nSPS) is 12.0. The van der Waals surface area contributed by atoms with Crippen molar-refractivity contribution in [1.82, 2.24) is 10.2 Å². The van der Waals surface area contributed by atoms with Gasteiger partial charge in [-0.05, 0) is 42.7 Å². The number of hydrogen-bond donors (Lipinski definition) is 0. The lowest BCUT2D eigenvalue weighted by atomic mass is 10.1. The van der Waals surface area contributed by atoms with Gasteiger partial charge in [0.1, 0.15) is 5.75 Å². The van der Waals surface area contributed by atoms with Crippen LogP contribution in [-0.4, -0.2) is 22.2 Å². The van der Waals surface area contributed by atoms with Crippen LogP contribution in [0.5, 0.6) is 5.75 Å². The number of methoxy groups -OCH3 is 1. The molecule has 0 bridgehead atoms. The molecule has 27 heavy (non-hydrogen) atoms. The lowest BCUT2D eigenvalue weighted by Crippen LogP contribution is -1.95. The second-order valence-corrected chi connectivity index (χ2v) is 7.07. The van der Waals surface area contributed by atoms with Crippen LogP contribution in [0.1, 0.15) is 29.7 Å². The van der Waals surface area contributed by atoms with Crippen LogP contribution in [0.15, 0.2) is 52.1 Å². The van der Waals surface area contributed by atoms with E-state index < -0.39 is 4.92 Å². The van der Waals surface area contributed by atoms with Gasteiger partial charge in [0.25, 0.3) is 10.9 Å². The predicted molar refractivity (Wildman–Crippen MR) is 103 cm³/mol. The third kappa shape index (κ3) is 4.28. The molecule has 0 N–H and O–H groups in total. The van der Waals surface area contributed by atoms with Gasteiger partial charge in [0.05, 0.1) is 12.0 Å². The Bertz CT molecular complexity index is 958. The molecule has 1 unspecified atom stereocenters. The molecule has 0 spiro atoms. The number of thioether (sulfide) groups is 1. The van der Waals surface area contributed by atoms with Gasteiger partial charge in [-0.3, -0.25) is 10.1 Å². The topological polar surface area (TPSA) is 91.3 Å². The Labute approximate surface area is 160 Å². The molecule has 1 heterocycles. The summed E-state index contributed by atoms with van der Waals surface area (Å²) in [6.07, 6.45) is 0.769. The van der Waals surface area contributed by atoms with Crippen molar-refractivity contribution in [3.63, 3.8) is 0 Å². The van der Waals surface area contributed by atoms with Gasteiger partial charge in [0.2, 0.25) is 5.89 Å². The smallest absolute Gasteiger partial charge is 0.277 e. The Balaban J connectivity index is 1.82. The van der Waals surface area contributed by atoms with Gasteiger partial charge < -0.3 is 9.15 Å². The number of rotatable bonds is 7. The van der Waals surface area contributed by atoms with Crippen LogP contribution in [0.2, 0.25) is 0 Å². The Morgan fingerprint density at radius 2 is 2.07 bits per heavy atom. The van der Waals surface area contributed by atoms with Crippen LogP contribution in [0, 0.1) is 17.0 Å². The summed E-state index contributed by atoms with van der Waals surface area (Å²) in [6.45, 7) is 3.97.